The van der Waals surface area contributed by atoms with Gasteiger partial charge < -0.3 is 43.5 Å². The minimum absolute atomic E-state index is 0. The molecule has 0 atom stereocenters. The molecule has 0 unspecified atom stereocenters. The number of thiocarbonyl (C=S) groups is 4. The average molecular weight is 981 g/mol. The van der Waals surface area contributed by atoms with E-state index in [1.807, 2.05) is 37.6 Å². The number of rotatable bonds is 4. The van der Waals surface area contributed by atoms with Gasteiger partial charge in [0.25, 0.3) is 0 Å². The van der Waals surface area contributed by atoms with Crippen LogP contribution in [0, 0.1) is 13.8 Å². The highest BCUT2D eigenvalue weighted by Crippen LogP contribution is 2.10. The van der Waals surface area contributed by atoms with Gasteiger partial charge in [0.15, 0.2) is 21.7 Å². The van der Waals surface area contributed by atoms with E-state index in [4.69, 9.17) is 59.1 Å². The second kappa shape index (κ2) is 33.4. The lowest BCUT2D eigenvalue weighted by Gasteiger charge is -2.14. The predicted molar refractivity (Wildman–Crippen MR) is 274 cm³/mol. The molecule has 4 aliphatic rings. The monoisotopic (exact) mass is 980 g/mol. The van der Waals surface area contributed by atoms with Gasteiger partial charge in [0, 0.05) is 66.0 Å². The molecule has 0 radical (unpaired) electrons. The number of amides is 6. The van der Waals surface area contributed by atoms with Gasteiger partial charge in [0.05, 0.1) is 25.9 Å². The van der Waals surface area contributed by atoms with Crippen molar-refractivity contribution in [2.75, 3.05) is 80.5 Å². The van der Waals surface area contributed by atoms with Gasteiger partial charge in [0.1, 0.15) is 34.8 Å². The summed E-state index contributed by atoms with van der Waals surface area (Å²) < 4.78 is 9.26. The molecule has 4 aliphatic heterocycles. The Balaban J connectivity index is -0.000000155. The Hall–Kier alpha value is -5.06. The molecule has 22 heteroatoms. The Morgan fingerprint density at radius 1 is 0.531 bits per heavy atom. The molecule has 2 N–H and O–H groups in total. The summed E-state index contributed by atoms with van der Waals surface area (Å²) in [5.74, 6) is -0.216. The zero-order valence-electron chi connectivity index (χ0n) is 34.3. The van der Waals surface area contributed by atoms with Gasteiger partial charge in [-0.15, -0.1) is 0 Å². The van der Waals surface area contributed by atoms with E-state index < -0.39 is 5.43 Å². The quantitative estimate of drug-likeness (QED) is 0.244. The summed E-state index contributed by atoms with van der Waals surface area (Å²) in [5, 5.41) is 18.8. The summed E-state index contributed by atoms with van der Waals surface area (Å²) in [6, 6.07) is 1.06. The number of hydrogen-bond donors (Lipinski definition) is 2. The van der Waals surface area contributed by atoms with Crippen molar-refractivity contribution in [3.63, 3.8) is 0 Å². The summed E-state index contributed by atoms with van der Waals surface area (Å²) in [6.07, 6.45) is 3.33. The van der Waals surface area contributed by atoms with Crippen molar-refractivity contribution in [1.29, 1.82) is 0 Å². The molecule has 6 amide bonds. The summed E-state index contributed by atoms with van der Waals surface area (Å²) in [7, 11) is 6.83. The van der Waals surface area contributed by atoms with Crippen molar-refractivity contribution in [3.8, 4) is 11.5 Å². The van der Waals surface area contributed by atoms with Gasteiger partial charge in [-0.05, 0) is 66.0 Å². The number of imide groups is 1. The third-order valence-electron chi connectivity index (χ3n) is 8.52. The number of carbonyl (C=O) groups excluding carboxylic acids is 4. The van der Waals surface area contributed by atoms with Gasteiger partial charge in [-0.2, -0.15) is 0 Å². The van der Waals surface area contributed by atoms with Crippen LogP contribution in [0.15, 0.2) is 43.3 Å². The number of nitrogens with zero attached hydrogens (tertiary/aromatic N) is 8. The highest BCUT2D eigenvalue weighted by atomic mass is 32.1. The standard InChI is InChI=1S/C6H10N2O2.2C6H10N2OS.C6H10N2S2.2C6H6O3.6CH4/c1-3-8-4-5(9)7(2)6(8)10;1-3-8-4-5(10)7(2)6(8)9;2*1-3-8-4-5(9)7(2)6(8)10;1-4-2-9-3-5(7)6(4)8;1-4-2-5(7)6(8)3-9-4;;;;;;/h4*3-4H2,1-2H3;2-3,7H,1H3;2-3,8H,1H3;6*1H4. The molecular formula is C42H76N8O10S4. The van der Waals surface area contributed by atoms with Crippen LogP contribution in [-0.4, -0.2) is 174 Å². The molecule has 368 valence electrons. The molecule has 6 heterocycles. The van der Waals surface area contributed by atoms with E-state index in [1.165, 1.54) is 34.1 Å². The van der Waals surface area contributed by atoms with E-state index in [0.717, 1.165) is 53.7 Å². The number of likely N-dealkylation sites (N-methyl/N-ethyl adjacent to an activating group) is 8. The van der Waals surface area contributed by atoms with Crippen LogP contribution in [0.25, 0.3) is 0 Å². The fourth-order valence-corrected chi connectivity index (χ4v) is 5.75. The zero-order chi connectivity index (χ0) is 44.6. The SMILES string of the molecule is C.C.C.C.C.C.CCN1CC(=O)N(C)C1=O.CCN1CC(=O)N(C)C1=S.CCN1CC(=S)N(C)C1=O.CCN1CC(=S)N(C)C1=S.Cc1cc(=O)c(O)co1.Cc1cocc(O)c1=O. The fraction of sp³-hybridized carbons (Fsp3) is 0.571. The lowest BCUT2D eigenvalue weighted by Crippen LogP contribution is -2.29. The first kappa shape index (κ1) is 70.6. The van der Waals surface area contributed by atoms with E-state index in [0.29, 0.717) is 41.1 Å². The summed E-state index contributed by atoms with van der Waals surface area (Å²) in [4.78, 5) is 79.9. The average Bonchev–Trinajstić information content (AvgIpc) is 3.81. The molecular weight excluding hydrogens is 905 g/mol. The lowest BCUT2D eigenvalue weighted by molar-refractivity contribution is -0.125. The summed E-state index contributed by atoms with van der Waals surface area (Å²) in [5.41, 5.74) is -0.366. The summed E-state index contributed by atoms with van der Waals surface area (Å²) >= 11 is 20.1. The molecule has 0 aromatic carbocycles. The van der Waals surface area contributed by atoms with E-state index in [1.54, 1.807) is 32.8 Å². The minimum Gasteiger partial charge on any atom is -0.502 e. The second-order valence-electron chi connectivity index (χ2n) is 12.5. The normalized spacial score (nSPS) is 14.5. The van der Waals surface area contributed by atoms with Crippen molar-refractivity contribution in [1.82, 2.24) is 39.2 Å². The van der Waals surface area contributed by atoms with Crippen LogP contribution in [0.1, 0.15) is 83.6 Å². The molecule has 4 fully saturated rings. The van der Waals surface area contributed by atoms with Crippen LogP contribution in [0.4, 0.5) is 9.59 Å². The Bertz CT molecular complexity index is 1780. The number of urea groups is 2. The van der Waals surface area contributed by atoms with Crippen LogP contribution in [0.3, 0.4) is 0 Å². The van der Waals surface area contributed by atoms with Crippen molar-refractivity contribution in [2.45, 2.75) is 86.1 Å². The number of hydrogen-bond acceptors (Lipinski definition) is 14. The molecule has 64 heavy (non-hydrogen) atoms. The largest absolute Gasteiger partial charge is 0.502 e. The molecule has 6 rings (SSSR count). The lowest BCUT2D eigenvalue weighted by atomic mass is 10.3. The molecule has 2 aromatic rings. The van der Waals surface area contributed by atoms with Gasteiger partial charge >= 0.3 is 12.1 Å². The number of aromatic hydroxyl groups is 2. The smallest absolute Gasteiger partial charge is 0.326 e. The Morgan fingerprint density at radius 3 is 1.17 bits per heavy atom. The number of carbonyl (C=O) groups is 4. The van der Waals surface area contributed by atoms with Gasteiger partial charge in [-0.1, -0.05) is 69.0 Å². The Labute approximate surface area is 403 Å². The molecule has 0 spiro atoms. The van der Waals surface area contributed by atoms with E-state index in [9.17, 15) is 28.8 Å². The predicted octanol–water partition coefficient (Wildman–Crippen LogP) is 6.66. The molecule has 4 saturated heterocycles. The molecule has 0 aliphatic carbocycles. The van der Waals surface area contributed by atoms with Crippen LogP contribution in [0.2, 0.25) is 0 Å². The topological polar surface area (TPSA) is 195 Å². The van der Waals surface area contributed by atoms with Crippen LogP contribution in [-0.2, 0) is 9.59 Å². The van der Waals surface area contributed by atoms with Crippen molar-refractivity contribution in [3.05, 3.63) is 56.6 Å². The highest BCUT2D eigenvalue weighted by Gasteiger charge is 2.31. The van der Waals surface area contributed by atoms with Crippen molar-refractivity contribution in [2.24, 2.45) is 0 Å². The van der Waals surface area contributed by atoms with Crippen LogP contribution in [0.5, 0.6) is 11.5 Å². The molecule has 0 bridgehead atoms. The minimum atomic E-state index is -0.404. The first-order chi connectivity index (χ1) is 27.1. The van der Waals surface area contributed by atoms with Crippen LogP contribution < -0.4 is 10.9 Å². The van der Waals surface area contributed by atoms with Crippen molar-refractivity contribution >= 4 is 92.9 Å². The Kier molecular flexibility index (Phi) is 36.9. The van der Waals surface area contributed by atoms with E-state index in [2.05, 4.69) is 20.7 Å². The van der Waals surface area contributed by atoms with Gasteiger partial charge in [-0.25, -0.2) is 9.59 Å². The first-order valence-electron chi connectivity index (χ1n) is 17.8. The molecule has 2 aromatic heterocycles. The van der Waals surface area contributed by atoms with E-state index >= 15 is 0 Å². The fourth-order valence-electron chi connectivity index (χ4n) is 4.62. The zero-order valence-corrected chi connectivity index (χ0v) is 37.6. The number of aryl methyl sites for hydroxylation is 2. The maximum atomic E-state index is 11.1. The molecule has 18 nitrogen and oxygen atoms in total. The Morgan fingerprint density at radius 2 is 0.922 bits per heavy atom. The maximum absolute atomic E-state index is 11.1. The highest BCUT2D eigenvalue weighted by molar-refractivity contribution is 7.82. The van der Waals surface area contributed by atoms with Gasteiger partial charge in [-0.3, -0.25) is 33.9 Å². The summed E-state index contributed by atoms with van der Waals surface area (Å²) in [6.45, 7) is 16.3. The van der Waals surface area contributed by atoms with Gasteiger partial charge in [0.2, 0.25) is 22.7 Å². The second-order valence-corrected chi connectivity index (χ2v) is 14.2. The molecule has 0 saturated carbocycles. The third kappa shape index (κ3) is 20.2. The maximum Gasteiger partial charge on any atom is 0.326 e. The van der Waals surface area contributed by atoms with Crippen LogP contribution >= 0.6 is 48.9 Å². The first-order valence-corrected chi connectivity index (χ1v) is 19.5. The third-order valence-corrected chi connectivity index (χ3v) is 10.4. The van der Waals surface area contributed by atoms with E-state index in [-0.39, 0.29) is 91.9 Å². The van der Waals surface area contributed by atoms with Crippen molar-refractivity contribution < 1.29 is 38.2 Å².